The van der Waals surface area contributed by atoms with Gasteiger partial charge in [0.05, 0.1) is 13.2 Å². The molecule has 0 aromatic rings. The van der Waals surface area contributed by atoms with E-state index in [9.17, 15) is 0 Å². The first-order valence-electron chi connectivity index (χ1n) is 3.65. The number of rotatable bonds is 7. The second-order valence-electron chi connectivity index (χ2n) is 1.99. The molecule has 0 fully saturated rings. The van der Waals surface area contributed by atoms with Crippen molar-refractivity contribution in [3.05, 3.63) is 0 Å². The third kappa shape index (κ3) is 7.88. The molecule has 0 aromatic carbocycles. The van der Waals surface area contributed by atoms with Gasteiger partial charge in [-0.15, -0.1) is 0 Å². The minimum atomic E-state index is 0.619. The van der Waals surface area contributed by atoms with Crippen LogP contribution in [0.4, 0.5) is 0 Å². The highest BCUT2D eigenvalue weighted by molar-refractivity contribution is 4.28. The summed E-state index contributed by atoms with van der Waals surface area (Å²) in [5.41, 5.74) is 0. The summed E-state index contributed by atoms with van der Waals surface area (Å²) in [6.07, 6.45) is 1.88. The van der Waals surface area contributed by atoms with Gasteiger partial charge in [-0.3, -0.25) is 0 Å². The number of ether oxygens (including phenoxy) is 1. The quantitative estimate of drug-likeness (QED) is 0.310. The monoisotopic (exact) mass is 148 g/mol. The lowest BCUT2D eigenvalue weighted by molar-refractivity contribution is -0.295. The SMILES string of the molecule is CCCOOCCCOC. The van der Waals surface area contributed by atoms with Crippen LogP contribution >= 0.6 is 0 Å². The molecule has 0 unspecified atom stereocenters. The van der Waals surface area contributed by atoms with E-state index < -0.39 is 0 Å². The van der Waals surface area contributed by atoms with Crippen LogP contribution in [0.1, 0.15) is 19.8 Å². The molecule has 3 heteroatoms. The fraction of sp³-hybridized carbons (Fsp3) is 1.00. The molecular weight excluding hydrogens is 132 g/mol. The molecule has 0 rings (SSSR count). The van der Waals surface area contributed by atoms with Crippen molar-refractivity contribution in [2.75, 3.05) is 26.9 Å². The summed E-state index contributed by atoms with van der Waals surface area (Å²) >= 11 is 0. The fourth-order valence-electron chi connectivity index (χ4n) is 0.463. The van der Waals surface area contributed by atoms with Gasteiger partial charge in [0.2, 0.25) is 0 Å². The Morgan fingerprint density at radius 2 is 1.70 bits per heavy atom. The highest BCUT2D eigenvalue weighted by Crippen LogP contribution is 1.86. The van der Waals surface area contributed by atoms with E-state index in [4.69, 9.17) is 14.5 Å². The Labute approximate surface area is 62.2 Å². The molecule has 0 radical (unpaired) electrons. The third-order valence-corrected chi connectivity index (χ3v) is 0.947. The van der Waals surface area contributed by atoms with Crippen LogP contribution in [0.15, 0.2) is 0 Å². The number of hydrogen-bond donors (Lipinski definition) is 0. The first-order valence-corrected chi connectivity index (χ1v) is 3.65. The highest BCUT2D eigenvalue weighted by atomic mass is 17.2. The van der Waals surface area contributed by atoms with Gasteiger partial charge in [0.1, 0.15) is 0 Å². The van der Waals surface area contributed by atoms with Crippen LogP contribution in [0.3, 0.4) is 0 Å². The molecule has 0 N–H and O–H groups in total. The number of hydrogen-bond acceptors (Lipinski definition) is 3. The Morgan fingerprint density at radius 1 is 1.00 bits per heavy atom. The topological polar surface area (TPSA) is 27.7 Å². The molecule has 62 valence electrons. The van der Waals surface area contributed by atoms with E-state index >= 15 is 0 Å². The summed E-state index contributed by atoms with van der Waals surface area (Å²) in [6, 6.07) is 0. The average Bonchev–Trinajstić information content (AvgIpc) is 1.97. The standard InChI is InChI=1S/C7H16O3/c1-3-5-9-10-7-4-6-8-2/h3-7H2,1-2H3. The van der Waals surface area contributed by atoms with E-state index in [1.54, 1.807) is 7.11 Å². The summed E-state index contributed by atoms with van der Waals surface area (Å²) < 4.78 is 4.81. The zero-order valence-electron chi connectivity index (χ0n) is 6.76. The molecule has 0 aromatic heterocycles. The van der Waals surface area contributed by atoms with Gasteiger partial charge in [-0.2, -0.15) is 0 Å². The normalized spacial score (nSPS) is 10.2. The summed E-state index contributed by atoms with van der Waals surface area (Å²) in [5, 5.41) is 0. The van der Waals surface area contributed by atoms with Gasteiger partial charge in [-0.25, -0.2) is 9.78 Å². The lowest BCUT2D eigenvalue weighted by Gasteiger charge is -2.00. The fourth-order valence-corrected chi connectivity index (χ4v) is 0.463. The Morgan fingerprint density at radius 3 is 2.30 bits per heavy atom. The molecule has 3 nitrogen and oxygen atoms in total. The summed E-state index contributed by atoms with van der Waals surface area (Å²) in [7, 11) is 1.67. The zero-order valence-corrected chi connectivity index (χ0v) is 6.76. The minimum Gasteiger partial charge on any atom is -0.385 e. The van der Waals surface area contributed by atoms with Crippen molar-refractivity contribution in [3.63, 3.8) is 0 Å². The van der Waals surface area contributed by atoms with Crippen molar-refractivity contribution in [1.82, 2.24) is 0 Å². The minimum absolute atomic E-state index is 0.619. The average molecular weight is 148 g/mol. The third-order valence-electron chi connectivity index (χ3n) is 0.947. The highest BCUT2D eigenvalue weighted by Gasteiger charge is 1.87. The smallest absolute Gasteiger partial charge is 0.0844 e. The largest absolute Gasteiger partial charge is 0.385 e. The van der Waals surface area contributed by atoms with Gasteiger partial charge >= 0.3 is 0 Å². The molecule has 10 heavy (non-hydrogen) atoms. The molecule has 0 spiro atoms. The molecule has 0 amide bonds. The van der Waals surface area contributed by atoms with Crippen LogP contribution in [0.5, 0.6) is 0 Å². The van der Waals surface area contributed by atoms with Gasteiger partial charge < -0.3 is 4.74 Å². The van der Waals surface area contributed by atoms with E-state index in [0.717, 1.165) is 19.4 Å². The Hall–Kier alpha value is -0.120. The molecule has 0 atom stereocenters. The maximum atomic E-state index is 4.81. The lowest BCUT2D eigenvalue weighted by Crippen LogP contribution is -2.00. The number of methoxy groups -OCH3 is 1. The van der Waals surface area contributed by atoms with Gasteiger partial charge in [-0.1, -0.05) is 6.92 Å². The van der Waals surface area contributed by atoms with Gasteiger partial charge in [0.25, 0.3) is 0 Å². The molecule has 0 heterocycles. The van der Waals surface area contributed by atoms with Crippen molar-refractivity contribution in [2.24, 2.45) is 0 Å². The van der Waals surface area contributed by atoms with Crippen LogP contribution in [-0.4, -0.2) is 26.9 Å². The predicted molar refractivity (Wildman–Crippen MR) is 38.7 cm³/mol. The van der Waals surface area contributed by atoms with Crippen molar-refractivity contribution >= 4 is 0 Å². The van der Waals surface area contributed by atoms with Gasteiger partial charge in [0.15, 0.2) is 0 Å². The van der Waals surface area contributed by atoms with E-state index in [-0.39, 0.29) is 0 Å². The first-order chi connectivity index (χ1) is 4.91. The van der Waals surface area contributed by atoms with Crippen molar-refractivity contribution in [3.8, 4) is 0 Å². The van der Waals surface area contributed by atoms with Crippen LogP contribution in [0.2, 0.25) is 0 Å². The zero-order chi connectivity index (χ0) is 7.66. The maximum Gasteiger partial charge on any atom is 0.0844 e. The first kappa shape index (κ1) is 9.88. The second-order valence-corrected chi connectivity index (χ2v) is 1.99. The van der Waals surface area contributed by atoms with E-state index in [0.29, 0.717) is 13.2 Å². The second kappa shape index (κ2) is 8.88. The molecule has 0 saturated carbocycles. The molecular formula is C7H16O3. The Balaban J connectivity index is 2.65. The van der Waals surface area contributed by atoms with Crippen molar-refractivity contribution < 1.29 is 14.5 Å². The van der Waals surface area contributed by atoms with Gasteiger partial charge in [-0.05, 0) is 12.8 Å². The summed E-state index contributed by atoms with van der Waals surface area (Å²) in [6.45, 7) is 4.06. The van der Waals surface area contributed by atoms with Crippen LogP contribution in [0, 0.1) is 0 Å². The van der Waals surface area contributed by atoms with E-state index in [1.165, 1.54) is 0 Å². The Bertz CT molecular complexity index is 48.8. The van der Waals surface area contributed by atoms with Crippen molar-refractivity contribution in [2.45, 2.75) is 19.8 Å². The van der Waals surface area contributed by atoms with Gasteiger partial charge in [0, 0.05) is 13.7 Å². The molecule has 0 aliphatic rings. The van der Waals surface area contributed by atoms with Crippen LogP contribution in [0.25, 0.3) is 0 Å². The summed E-state index contributed by atoms with van der Waals surface area (Å²) in [5.74, 6) is 0. The maximum absolute atomic E-state index is 4.81. The Kier molecular flexibility index (Phi) is 8.77. The predicted octanol–water partition coefficient (Wildman–Crippen LogP) is 1.38. The molecule has 0 aliphatic carbocycles. The van der Waals surface area contributed by atoms with E-state index in [2.05, 4.69) is 0 Å². The van der Waals surface area contributed by atoms with Crippen molar-refractivity contribution in [1.29, 1.82) is 0 Å². The molecule has 0 bridgehead atoms. The van der Waals surface area contributed by atoms with Crippen LogP contribution < -0.4 is 0 Å². The summed E-state index contributed by atoms with van der Waals surface area (Å²) in [4.78, 5) is 9.57. The van der Waals surface area contributed by atoms with E-state index in [1.807, 2.05) is 6.92 Å². The molecule has 0 saturated heterocycles. The molecule has 0 aliphatic heterocycles. The van der Waals surface area contributed by atoms with Crippen LogP contribution in [-0.2, 0) is 14.5 Å². The lowest BCUT2D eigenvalue weighted by atomic mass is 10.5.